The number of nitrogens with zero attached hydrogens (tertiary/aromatic N) is 1. The third-order valence-electron chi connectivity index (χ3n) is 2.56. The zero-order valence-electron chi connectivity index (χ0n) is 11.2. The van der Waals surface area contributed by atoms with E-state index in [1.807, 2.05) is 14.1 Å². The van der Waals surface area contributed by atoms with Gasteiger partial charge in [-0.15, -0.1) is 0 Å². The van der Waals surface area contributed by atoms with E-state index in [-0.39, 0.29) is 18.2 Å². The van der Waals surface area contributed by atoms with E-state index in [4.69, 9.17) is 0 Å². The van der Waals surface area contributed by atoms with Crippen molar-refractivity contribution in [3.8, 4) is 0 Å². The molecule has 18 heavy (non-hydrogen) atoms. The van der Waals surface area contributed by atoms with E-state index in [1.165, 1.54) is 0 Å². The largest absolute Gasteiger partial charge is 0.748 e. The van der Waals surface area contributed by atoms with Crippen molar-refractivity contribution in [2.45, 2.75) is 13.3 Å². The fourth-order valence-electron chi connectivity index (χ4n) is 1.33. The Morgan fingerprint density at radius 1 is 1.33 bits per heavy atom. The van der Waals surface area contributed by atoms with Gasteiger partial charge < -0.3 is 14.4 Å². The number of carbonyl (C=O) groups excluding carboxylic acids is 1. The number of nitrogens with one attached hydrogen (secondary N) is 1. The van der Waals surface area contributed by atoms with Gasteiger partial charge in [0, 0.05) is 18.5 Å². The quantitative estimate of drug-likeness (QED) is 0.286. The minimum atomic E-state index is -4.16. The molecule has 0 saturated heterocycles. The Hall–Kier alpha value is -0.920. The summed E-state index contributed by atoms with van der Waals surface area (Å²) in [5.74, 6) is -0.541. The van der Waals surface area contributed by atoms with Crippen LogP contribution in [-0.4, -0.2) is 62.8 Å². The van der Waals surface area contributed by atoms with Gasteiger partial charge in [-0.3, -0.25) is 4.79 Å². The van der Waals surface area contributed by atoms with Crippen LogP contribution in [0.5, 0.6) is 0 Å². The van der Waals surface area contributed by atoms with Crippen LogP contribution in [0.1, 0.15) is 13.3 Å². The van der Waals surface area contributed by atoms with Crippen molar-refractivity contribution in [2.24, 2.45) is 0 Å². The van der Waals surface area contributed by atoms with Gasteiger partial charge in [0.2, 0.25) is 5.91 Å². The Morgan fingerprint density at radius 3 is 2.33 bits per heavy atom. The molecule has 0 fully saturated rings. The van der Waals surface area contributed by atoms with Crippen LogP contribution in [0.4, 0.5) is 0 Å². The average Bonchev–Trinajstić information content (AvgIpc) is 2.20. The van der Waals surface area contributed by atoms with Crippen molar-refractivity contribution in [3.63, 3.8) is 0 Å². The van der Waals surface area contributed by atoms with Gasteiger partial charge in [0.05, 0.1) is 32.9 Å². The van der Waals surface area contributed by atoms with Crippen LogP contribution in [0, 0.1) is 0 Å². The van der Waals surface area contributed by atoms with E-state index < -0.39 is 10.1 Å². The van der Waals surface area contributed by atoms with Crippen LogP contribution in [0.25, 0.3) is 0 Å². The van der Waals surface area contributed by atoms with Gasteiger partial charge in [0.15, 0.2) is 0 Å². The topological polar surface area (TPSA) is 86.3 Å². The van der Waals surface area contributed by atoms with E-state index in [0.717, 1.165) is 0 Å². The molecule has 0 aliphatic carbocycles. The first-order valence-electron chi connectivity index (χ1n) is 5.73. The normalized spacial score (nSPS) is 12.2. The first-order valence-corrected chi connectivity index (χ1v) is 7.30. The highest BCUT2D eigenvalue weighted by atomic mass is 32.2. The van der Waals surface area contributed by atoms with Crippen LogP contribution in [0.15, 0.2) is 12.2 Å². The molecule has 0 spiro atoms. The summed E-state index contributed by atoms with van der Waals surface area (Å²) in [5.41, 5.74) is 0.459. The smallest absolute Gasteiger partial charge is 0.246 e. The van der Waals surface area contributed by atoms with Gasteiger partial charge in [-0.2, -0.15) is 0 Å². The van der Waals surface area contributed by atoms with E-state index in [9.17, 15) is 17.8 Å². The fraction of sp³-hybridized carbons (Fsp3) is 0.727. The van der Waals surface area contributed by atoms with E-state index in [2.05, 4.69) is 11.9 Å². The Labute approximate surface area is 109 Å². The summed E-state index contributed by atoms with van der Waals surface area (Å²) in [4.78, 5) is 11.2. The predicted octanol–water partition coefficient (Wildman–Crippen LogP) is -0.310. The molecular weight excluding hydrogens is 256 g/mol. The second-order valence-corrected chi connectivity index (χ2v) is 6.56. The van der Waals surface area contributed by atoms with Gasteiger partial charge in [-0.05, 0) is 6.92 Å². The van der Waals surface area contributed by atoms with Crippen LogP contribution >= 0.6 is 0 Å². The Morgan fingerprint density at radius 2 is 1.89 bits per heavy atom. The highest BCUT2D eigenvalue weighted by Gasteiger charge is 2.16. The first kappa shape index (κ1) is 17.1. The standard InChI is InChI=1S/C11H22N2O4S/c1-10(2)11(14)12-6-5-7-13(3,4)8-9-18(15,16)17/h1,5-9H2,2-4H3,(H-,12,14,15,16,17). The summed E-state index contributed by atoms with van der Waals surface area (Å²) >= 11 is 0. The highest BCUT2D eigenvalue weighted by molar-refractivity contribution is 7.85. The first-order chi connectivity index (χ1) is 8.03. The number of amides is 1. The molecule has 0 aromatic carbocycles. The number of carbonyl (C=O) groups is 1. The van der Waals surface area contributed by atoms with Crippen LogP contribution in [0.2, 0.25) is 0 Å². The van der Waals surface area contributed by atoms with Crippen molar-refractivity contribution in [1.29, 1.82) is 0 Å². The van der Waals surface area contributed by atoms with Gasteiger partial charge >= 0.3 is 0 Å². The Bertz CT molecular complexity index is 401. The van der Waals surface area contributed by atoms with Crippen LogP contribution < -0.4 is 5.32 Å². The summed E-state index contributed by atoms with van der Waals surface area (Å²) in [6, 6.07) is 0. The highest BCUT2D eigenvalue weighted by Crippen LogP contribution is 2.00. The summed E-state index contributed by atoms with van der Waals surface area (Å²) in [7, 11) is -0.454. The molecule has 0 heterocycles. The zero-order valence-corrected chi connectivity index (χ0v) is 12.0. The summed E-state index contributed by atoms with van der Waals surface area (Å²) in [5, 5.41) is 2.70. The Balaban J connectivity index is 3.91. The molecule has 0 bridgehead atoms. The predicted molar refractivity (Wildman–Crippen MR) is 68.8 cm³/mol. The van der Waals surface area contributed by atoms with Crippen molar-refractivity contribution < 1.29 is 22.2 Å². The van der Waals surface area contributed by atoms with Gasteiger partial charge in [-0.25, -0.2) is 8.42 Å². The van der Waals surface area contributed by atoms with Crippen molar-refractivity contribution in [2.75, 3.05) is 39.5 Å². The number of quaternary nitrogens is 1. The number of hydrogen-bond acceptors (Lipinski definition) is 4. The minimum Gasteiger partial charge on any atom is -0.748 e. The molecule has 0 radical (unpaired) electrons. The lowest BCUT2D eigenvalue weighted by Gasteiger charge is -2.30. The SMILES string of the molecule is C=C(C)C(=O)NCCC[N+](C)(C)CCS(=O)(=O)[O-]. The molecule has 1 amide bonds. The molecule has 0 atom stereocenters. The molecule has 7 heteroatoms. The van der Waals surface area contributed by atoms with Gasteiger partial charge in [0.25, 0.3) is 0 Å². The lowest BCUT2D eigenvalue weighted by atomic mass is 10.3. The van der Waals surface area contributed by atoms with Gasteiger partial charge in [0.1, 0.15) is 10.1 Å². The lowest BCUT2D eigenvalue weighted by Crippen LogP contribution is -2.44. The summed E-state index contributed by atoms with van der Waals surface area (Å²) < 4.78 is 32.1. The van der Waals surface area contributed by atoms with E-state index in [0.29, 0.717) is 29.6 Å². The van der Waals surface area contributed by atoms with Crippen molar-refractivity contribution in [3.05, 3.63) is 12.2 Å². The molecular formula is C11H22N2O4S. The second kappa shape index (κ2) is 6.86. The summed E-state index contributed by atoms with van der Waals surface area (Å²) in [6.45, 7) is 6.63. The second-order valence-electron chi connectivity index (χ2n) is 5.03. The molecule has 0 aliphatic heterocycles. The van der Waals surface area contributed by atoms with Crippen molar-refractivity contribution >= 4 is 16.0 Å². The lowest BCUT2D eigenvalue weighted by molar-refractivity contribution is -0.888. The maximum absolute atomic E-state index is 11.2. The van der Waals surface area contributed by atoms with Gasteiger partial charge in [-0.1, -0.05) is 6.58 Å². The Kier molecular flexibility index (Phi) is 6.51. The molecule has 0 aliphatic rings. The van der Waals surface area contributed by atoms with E-state index in [1.54, 1.807) is 6.92 Å². The third kappa shape index (κ3) is 9.15. The van der Waals surface area contributed by atoms with Crippen LogP contribution in [-0.2, 0) is 14.9 Å². The van der Waals surface area contributed by atoms with Crippen molar-refractivity contribution in [1.82, 2.24) is 5.32 Å². The number of hydrogen-bond donors (Lipinski definition) is 1. The molecule has 0 saturated carbocycles. The van der Waals surface area contributed by atoms with E-state index >= 15 is 0 Å². The molecule has 0 aromatic rings. The fourth-order valence-corrected chi connectivity index (χ4v) is 2.05. The average molecular weight is 278 g/mol. The van der Waals surface area contributed by atoms with Crippen LogP contribution in [0.3, 0.4) is 0 Å². The third-order valence-corrected chi connectivity index (χ3v) is 3.24. The minimum absolute atomic E-state index is 0.178. The summed E-state index contributed by atoms with van der Waals surface area (Å²) in [6.07, 6.45) is 0.713. The molecule has 0 unspecified atom stereocenters. The molecule has 106 valence electrons. The molecule has 1 N–H and O–H groups in total. The molecule has 0 rings (SSSR count). The monoisotopic (exact) mass is 278 g/mol. The maximum Gasteiger partial charge on any atom is 0.246 e. The maximum atomic E-state index is 11.2. The number of rotatable bonds is 8. The zero-order chi connectivity index (χ0) is 14.4. The molecule has 6 nitrogen and oxygen atoms in total. The molecule has 0 aromatic heterocycles.